The SMILES string of the molecule is O=C(CCc1nc(-c2ccccn2)cs1)NCc1ccc(F)cc1. The minimum atomic E-state index is -0.280. The highest BCUT2D eigenvalue weighted by Gasteiger charge is 2.08. The van der Waals surface area contributed by atoms with Gasteiger partial charge in [0.1, 0.15) is 5.82 Å². The smallest absolute Gasteiger partial charge is 0.220 e. The lowest BCUT2D eigenvalue weighted by Gasteiger charge is -2.04. The Balaban J connectivity index is 1.48. The number of benzene rings is 1. The maximum atomic E-state index is 12.8. The molecule has 0 aliphatic heterocycles. The quantitative estimate of drug-likeness (QED) is 0.745. The number of aromatic nitrogens is 2. The van der Waals surface area contributed by atoms with Crippen molar-refractivity contribution in [3.8, 4) is 11.4 Å². The molecule has 0 aliphatic rings. The fraction of sp³-hybridized carbons (Fsp3) is 0.167. The Hall–Kier alpha value is -2.60. The number of hydrogen-bond donors (Lipinski definition) is 1. The molecule has 3 aromatic rings. The lowest BCUT2D eigenvalue weighted by Crippen LogP contribution is -2.22. The Labute approximate surface area is 143 Å². The third-order valence-corrected chi connectivity index (χ3v) is 4.36. The van der Waals surface area contributed by atoms with Gasteiger partial charge in [-0.15, -0.1) is 11.3 Å². The van der Waals surface area contributed by atoms with Gasteiger partial charge in [0.25, 0.3) is 0 Å². The van der Waals surface area contributed by atoms with Crippen molar-refractivity contribution in [3.05, 3.63) is 70.4 Å². The number of nitrogens with zero attached hydrogens (tertiary/aromatic N) is 2. The van der Waals surface area contributed by atoms with Crippen LogP contribution in [0.15, 0.2) is 54.0 Å². The highest BCUT2D eigenvalue weighted by Crippen LogP contribution is 2.20. The molecule has 0 unspecified atom stereocenters. The van der Waals surface area contributed by atoms with Gasteiger partial charge in [-0.05, 0) is 29.8 Å². The molecule has 0 aliphatic carbocycles. The molecule has 0 bridgehead atoms. The van der Waals surface area contributed by atoms with Crippen LogP contribution in [0.2, 0.25) is 0 Å². The van der Waals surface area contributed by atoms with E-state index in [4.69, 9.17) is 0 Å². The number of rotatable bonds is 6. The fourth-order valence-corrected chi connectivity index (χ4v) is 2.96. The number of nitrogens with one attached hydrogen (secondary N) is 1. The molecular weight excluding hydrogens is 325 g/mol. The predicted octanol–water partition coefficient (Wildman–Crippen LogP) is 3.59. The molecule has 4 nitrogen and oxygen atoms in total. The third-order valence-electron chi connectivity index (χ3n) is 3.45. The Morgan fingerprint density at radius 1 is 1.12 bits per heavy atom. The Kier molecular flexibility index (Phi) is 5.28. The van der Waals surface area contributed by atoms with Crippen LogP contribution >= 0.6 is 11.3 Å². The van der Waals surface area contributed by atoms with Gasteiger partial charge in [-0.2, -0.15) is 0 Å². The minimum absolute atomic E-state index is 0.0473. The molecule has 2 heterocycles. The number of aryl methyl sites for hydroxylation is 1. The van der Waals surface area contributed by atoms with Gasteiger partial charge < -0.3 is 5.32 Å². The van der Waals surface area contributed by atoms with Crippen LogP contribution in [-0.2, 0) is 17.8 Å². The van der Waals surface area contributed by atoms with E-state index >= 15 is 0 Å². The maximum absolute atomic E-state index is 12.8. The molecule has 0 saturated carbocycles. The van der Waals surface area contributed by atoms with E-state index in [0.717, 1.165) is 22.0 Å². The zero-order chi connectivity index (χ0) is 16.8. The summed E-state index contributed by atoms with van der Waals surface area (Å²) >= 11 is 1.53. The summed E-state index contributed by atoms with van der Waals surface area (Å²) in [5, 5.41) is 5.69. The van der Waals surface area contributed by atoms with E-state index in [1.807, 2.05) is 23.6 Å². The summed E-state index contributed by atoms with van der Waals surface area (Å²) in [6.45, 7) is 0.399. The first-order valence-corrected chi connectivity index (χ1v) is 8.45. The van der Waals surface area contributed by atoms with Crippen molar-refractivity contribution in [2.75, 3.05) is 0 Å². The molecule has 1 amide bonds. The predicted molar refractivity (Wildman–Crippen MR) is 91.9 cm³/mol. The monoisotopic (exact) mass is 341 g/mol. The van der Waals surface area contributed by atoms with E-state index in [9.17, 15) is 9.18 Å². The van der Waals surface area contributed by atoms with Crippen LogP contribution in [0, 0.1) is 5.82 Å². The van der Waals surface area contributed by atoms with Gasteiger partial charge in [-0.1, -0.05) is 18.2 Å². The first kappa shape index (κ1) is 16.3. The van der Waals surface area contributed by atoms with Gasteiger partial charge in [0.05, 0.1) is 16.4 Å². The van der Waals surface area contributed by atoms with Crippen LogP contribution in [0.3, 0.4) is 0 Å². The molecule has 3 rings (SSSR count). The molecular formula is C18H16FN3OS. The highest BCUT2D eigenvalue weighted by atomic mass is 32.1. The van der Waals surface area contributed by atoms with Crippen LogP contribution in [-0.4, -0.2) is 15.9 Å². The molecule has 0 saturated heterocycles. The molecule has 0 atom stereocenters. The molecule has 122 valence electrons. The number of pyridine rings is 1. The summed E-state index contributed by atoms with van der Waals surface area (Å²) in [6, 6.07) is 11.8. The van der Waals surface area contributed by atoms with Crippen LogP contribution in [0.4, 0.5) is 4.39 Å². The molecule has 0 spiro atoms. The Bertz CT molecular complexity index is 803. The van der Waals surface area contributed by atoms with E-state index in [2.05, 4.69) is 15.3 Å². The fourth-order valence-electron chi connectivity index (χ4n) is 2.17. The summed E-state index contributed by atoms with van der Waals surface area (Å²) < 4.78 is 12.8. The van der Waals surface area contributed by atoms with Gasteiger partial charge in [0.2, 0.25) is 5.91 Å². The standard InChI is InChI=1S/C18H16FN3OS/c19-14-6-4-13(5-7-14)11-21-17(23)8-9-18-22-16(12-24-18)15-3-1-2-10-20-15/h1-7,10,12H,8-9,11H2,(H,21,23). The van der Waals surface area contributed by atoms with Crippen molar-refractivity contribution in [3.63, 3.8) is 0 Å². The largest absolute Gasteiger partial charge is 0.352 e. The topological polar surface area (TPSA) is 54.9 Å². The van der Waals surface area contributed by atoms with Crippen molar-refractivity contribution in [1.82, 2.24) is 15.3 Å². The average molecular weight is 341 g/mol. The van der Waals surface area contributed by atoms with Crippen molar-refractivity contribution >= 4 is 17.2 Å². The summed E-state index contributed by atoms with van der Waals surface area (Å²) in [6.07, 6.45) is 2.69. The van der Waals surface area contributed by atoms with Gasteiger partial charge >= 0.3 is 0 Å². The van der Waals surface area contributed by atoms with Crippen LogP contribution in [0.25, 0.3) is 11.4 Å². The Morgan fingerprint density at radius 3 is 2.71 bits per heavy atom. The van der Waals surface area contributed by atoms with Gasteiger partial charge in [-0.3, -0.25) is 9.78 Å². The molecule has 1 N–H and O–H groups in total. The highest BCUT2D eigenvalue weighted by molar-refractivity contribution is 7.09. The molecule has 24 heavy (non-hydrogen) atoms. The van der Waals surface area contributed by atoms with Gasteiger partial charge in [0, 0.05) is 31.0 Å². The normalized spacial score (nSPS) is 10.5. The first-order valence-electron chi connectivity index (χ1n) is 7.57. The van der Waals surface area contributed by atoms with Gasteiger partial charge in [-0.25, -0.2) is 9.37 Å². The van der Waals surface area contributed by atoms with Crippen LogP contribution < -0.4 is 5.32 Å². The first-order chi connectivity index (χ1) is 11.7. The average Bonchev–Trinajstić information content (AvgIpc) is 3.09. The van der Waals surface area contributed by atoms with E-state index in [1.54, 1.807) is 18.3 Å². The van der Waals surface area contributed by atoms with Crippen molar-refractivity contribution in [2.24, 2.45) is 0 Å². The third kappa shape index (κ3) is 4.45. The number of thiazole rings is 1. The van der Waals surface area contributed by atoms with Crippen LogP contribution in [0.1, 0.15) is 17.0 Å². The minimum Gasteiger partial charge on any atom is -0.352 e. The Morgan fingerprint density at radius 2 is 1.96 bits per heavy atom. The van der Waals surface area contributed by atoms with E-state index in [-0.39, 0.29) is 11.7 Å². The maximum Gasteiger partial charge on any atom is 0.220 e. The summed E-state index contributed by atoms with van der Waals surface area (Å²) in [7, 11) is 0. The lowest BCUT2D eigenvalue weighted by atomic mass is 10.2. The molecule has 6 heteroatoms. The summed E-state index contributed by atoms with van der Waals surface area (Å²) in [5.74, 6) is -0.327. The van der Waals surface area contributed by atoms with E-state index in [0.29, 0.717) is 19.4 Å². The molecule has 0 fully saturated rings. The van der Waals surface area contributed by atoms with E-state index in [1.165, 1.54) is 23.5 Å². The second kappa shape index (κ2) is 7.79. The number of halogens is 1. The zero-order valence-corrected chi connectivity index (χ0v) is 13.7. The molecule has 0 radical (unpaired) electrons. The van der Waals surface area contributed by atoms with Gasteiger partial charge in [0.15, 0.2) is 0 Å². The number of hydrogen-bond acceptors (Lipinski definition) is 4. The van der Waals surface area contributed by atoms with Crippen molar-refractivity contribution < 1.29 is 9.18 Å². The van der Waals surface area contributed by atoms with Crippen molar-refractivity contribution in [2.45, 2.75) is 19.4 Å². The number of carbonyl (C=O) groups excluding carboxylic acids is 1. The summed E-state index contributed by atoms with van der Waals surface area (Å²) in [5.41, 5.74) is 2.54. The molecule has 2 aromatic heterocycles. The number of carbonyl (C=O) groups is 1. The lowest BCUT2D eigenvalue weighted by molar-refractivity contribution is -0.121. The second-order valence-corrected chi connectivity index (χ2v) is 6.19. The number of amides is 1. The molecule has 1 aromatic carbocycles. The second-order valence-electron chi connectivity index (χ2n) is 5.24. The van der Waals surface area contributed by atoms with Crippen LogP contribution in [0.5, 0.6) is 0 Å². The summed E-state index contributed by atoms with van der Waals surface area (Å²) in [4.78, 5) is 20.7. The van der Waals surface area contributed by atoms with E-state index < -0.39 is 0 Å². The van der Waals surface area contributed by atoms with Crippen molar-refractivity contribution in [1.29, 1.82) is 0 Å². The zero-order valence-electron chi connectivity index (χ0n) is 12.9.